The second kappa shape index (κ2) is 10.7. The van der Waals surface area contributed by atoms with Crippen LogP contribution in [-0.4, -0.2) is 14.1 Å². The van der Waals surface area contributed by atoms with E-state index in [0.717, 1.165) is 78.3 Å². The average molecular weight is 634 g/mol. The molecule has 0 unspecified atom stereocenters. The molecule has 0 bridgehead atoms. The van der Waals surface area contributed by atoms with Crippen LogP contribution in [0.3, 0.4) is 0 Å². The third-order valence-corrected chi connectivity index (χ3v) is 8.90. The Hall–Kier alpha value is -6.21. The molecule has 0 aliphatic heterocycles. The maximum atomic E-state index is 14.3. The van der Waals surface area contributed by atoms with Crippen LogP contribution in [0.4, 0.5) is 17.6 Å². The van der Waals surface area contributed by atoms with Gasteiger partial charge in [-0.1, -0.05) is 54.6 Å². The molecule has 0 amide bonds. The first-order valence-electron chi connectivity index (χ1n) is 15.4. The summed E-state index contributed by atoms with van der Waals surface area (Å²) < 4.78 is 60.8. The van der Waals surface area contributed by atoms with E-state index >= 15 is 0 Å². The molecule has 0 atom stereocenters. The van der Waals surface area contributed by atoms with E-state index in [1.54, 1.807) is 0 Å². The van der Waals surface area contributed by atoms with Gasteiger partial charge in [-0.2, -0.15) is 0 Å². The predicted molar refractivity (Wildman–Crippen MR) is 184 cm³/mol. The van der Waals surface area contributed by atoms with Crippen LogP contribution in [0.5, 0.6) is 0 Å². The number of nitrogens with zero attached hydrogens (tertiary/aromatic N) is 3. The molecule has 0 aliphatic rings. The normalized spacial score (nSPS) is 11.8. The van der Waals surface area contributed by atoms with Crippen LogP contribution >= 0.6 is 0 Å². The fourth-order valence-corrected chi connectivity index (χ4v) is 6.91. The molecule has 0 N–H and O–H groups in total. The summed E-state index contributed by atoms with van der Waals surface area (Å²) in [5.74, 6) is -2.56. The standard InChI is InChI=1S/C41H23F4N3/c42-26-18-27(43)21-30(20-26)47-38-10-3-1-6-32(38)34-16-24(12-14-40(34)47)36-8-5-9-37(46-36)25-13-15-41-35(17-25)33-7-2-4-11-39(33)48(41)31-22-28(44)19-29(45)23-31/h1-23H. The number of halogens is 4. The van der Waals surface area contributed by atoms with Gasteiger partial charge >= 0.3 is 0 Å². The van der Waals surface area contributed by atoms with Crippen molar-refractivity contribution in [3.05, 3.63) is 163 Å². The Bertz CT molecular complexity index is 2520. The molecule has 0 spiro atoms. The number of fused-ring (bicyclic) bond motifs is 6. The summed E-state index contributed by atoms with van der Waals surface area (Å²) in [5.41, 5.74) is 7.45. The van der Waals surface area contributed by atoms with Crippen molar-refractivity contribution >= 4 is 43.6 Å². The molecule has 0 radical (unpaired) electrons. The summed E-state index contributed by atoms with van der Waals surface area (Å²) in [5, 5.41) is 3.77. The monoisotopic (exact) mass is 633 g/mol. The Labute approximate surface area is 271 Å². The lowest BCUT2D eigenvalue weighted by atomic mass is 10.0. The lowest BCUT2D eigenvalue weighted by Gasteiger charge is -2.10. The highest BCUT2D eigenvalue weighted by Gasteiger charge is 2.17. The molecule has 9 aromatic rings. The van der Waals surface area contributed by atoms with Crippen molar-refractivity contribution < 1.29 is 17.6 Å². The van der Waals surface area contributed by atoms with Crippen molar-refractivity contribution in [2.24, 2.45) is 0 Å². The molecule has 9 rings (SSSR count). The summed E-state index contributed by atoms with van der Waals surface area (Å²) in [7, 11) is 0. The zero-order valence-electron chi connectivity index (χ0n) is 25.1. The van der Waals surface area contributed by atoms with E-state index in [9.17, 15) is 17.6 Å². The number of hydrogen-bond acceptors (Lipinski definition) is 1. The van der Waals surface area contributed by atoms with Gasteiger partial charge in [-0.25, -0.2) is 22.5 Å². The Morgan fingerprint density at radius 1 is 0.354 bits per heavy atom. The van der Waals surface area contributed by atoms with Gasteiger partial charge in [-0.05, 0) is 72.8 Å². The number of aromatic nitrogens is 3. The minimum absolute atomic E-state index is 0.408. The fraction of sp³-hybridized carbons (Fsp3) is 0. The van der Waals surface area contributed by atoms with Crippen LogP contribution in [-0.2, 0) is 0 Å². The first kappa shape index (κ1) is 28.0. The summed E-state index contributed by atoms with van der Waals surface area (Å²) >= 11 is 0. The molecule has 0 fully saturated rings. The summed E-state index contributed by atoms with van der Waals surface area (Å²) in [6.07, 6.45) is 0. The predicted octanol–water partition coefficient (Wildman–Crippen LogP) is 11.2. The van der Waals surface area contributed by atoms with E-state index in [2.05, 4.69) is 12.1 Å². The molecule has 0 saturated carbocycles. The summed E-state index contributed by atoms with van der Waals surface area (Å²) in [6.45, 7) is 0. The number of pyridine rings is 1. The van der Waals surface area contributed by atoms with E-state index in [0.29, 0.717) is 11.4 Å². The third-order valence-electron chi connectivity index (χ3n) is 8.90. The zero-order chi connectivity index (χ0) is 32.5. The van der Waals surface area contributed by atoms with Gasteiger partial charge in [0.05, 0.1) is 44.8 Å². The van der Waals surface area contributed by atoms with E-state index in [4.69, 9.17) is 4.98 Å². The second-order valence-electron chi connectivity index (χ2n) is 11.8. The number of rotatable bonds is 4. The number of benzene rings is 6. The maximum absolute atomic E-state index is 14.3. The van der Waals surface area contributed by atoms with Gasteiger partial charge in [-0.15, -0.1) is 0 Å². The molecular formula is C41H23F4N3. The summed E-state index contributed by atoms with van der Waals surface area (Å²) in [6, 6.07) is 40.5. The van der Waals surface area contributed by atoms with Crippen LogP contribution in [0.2, 0.25) is 0 Å². The quantitative estimate of drug-likeness (QED) is 0.177. The van der Waals surface area contributed by atoms with Gasteiger partial charge < -0.3 is 9.13 Å². The molecule has 3 heterocycles. The lowest BCUT2D eigenvalue weighted by molar-refractivity contribution is 0.581. The second-order valence-corrected chi connectivity index (χ2v) is 11.8. The Morgan fingerprint density at radius 3 is 1.19 bits per heavy atom. The minimum Gasteiger partial charge on any atom is -0.309 e. The van der Waals surface area contributed by atoms with E-state index in [1.165, 1.54) is 24.3 Å². The van der Waals surface area contributed by atoms with E-state index in [1.807, 2.05) is 100 Å². The van der Waals surface area contributed by atoms with Crippen molar-refractivity contribution in [3.8, 4) is 33.9 Å². The maximum Gasteiger partial charge on any atom is 0.128 e. The first-order valence-corrected chi connectivity index (χ1v) is 15.4. The van der Waals surface area contributed by atoms with Crippen LogP contribution < -0.4 is 0 Å². The highest BCUT2D eigenvalue weighted by atomic mass is 19.1. The van der Waals surface area contributed by atoms with Gasteiger partial charge in [-0.3, -0.25) is 0 Å². The van der Waals surface area contributed by atoms with Gasteiger partial charge in [0.1, 0.15) is 23.3 Å². The molecule has 3 aromatic heterocycles. The van der Waals surface area contributed by atoms with Crippen molar-refractivity contribution in [1.29, 1.82) is 0 Å². The van der Waals surface area contributed by atoms with Gasteiger partial charge in [0.15, 0.2) is 0 Å². The molecule has 6 aromatic carbocycles. The van der Waals surface area contributed by atoms with Crippen molar-refractivity contribution in [2.75, 3.05) is 0 Å². The van der Waals surface area contributed by atoms with Crippen molar-refractivity contribution in [3.63, 3.8) is 0 Å². The van der Waals surface area contributed by atoms with Gasteiger partial charge in [0.25, 0.3) is 0 Å². The zero-order valence-corrected chi connectivity index (χ0v) is 25.1. The first-order chi connectivity index (χ1) is 23.4. The summed E-state index contributed by atoms with van der Waals surface area (Å²) in [4.78, 5) is 5.05. The van der Waals surface area contributed by atoms with Gasteiger partial charge in [0, 0.05) is 44.8 Å². The molecule has 0 saturated heterocycles. The SMILES string of the molecule is Fc1cc(F)cc(-n2c3ccccc3c3cc(-c4cccc(-c5ccc6c(c5)c5ccccc5n6-c5cc(F)cc(F)c5)n4)ccc32)c1. The number of hydrogen-bond donors (Lipinski definition) is 0. The van der Waals surface area contributed by atoms with Crippen molar-refractivity contribution in [2.45, 2.75) is 0 Å². The molecule has 48 heavy (non-hydrogen) atoms. The van der Waals surface area contributed by atoms with E-state index < -0.39 is 23.3 Å². The van der Waals surface area contributed by atoms with Crippen LogP contribution in [0.1, 0.15) is 0 Å². The Morgan fingerprint density at radius 2 is 0.750 bits per heavy atom. The fourth-order valence-electron chi connectivity index (χ4n) is 6.91. The van der Waals surface area contributed by atoms with Gasteiger partial charge in [0.2, 0.25) is 0 Å². The third kappa shape index (κ3) is 4.47. The highest BCUT2D eigenvalue weighted by molar-refractivity contribution is 6.11. The highest BCUT2D eigenvalue weighted by Crippen LogP contribution is 2.37. The van der Waals surface area contributed by atoms with Crippen LogP contribution in [0.15, 0.2) is 140 Å². The minimum atomic E-state index is -0.640. The Balaban J connectivity index is 1.17. The van der Waals surface area contributed by atoms with Crippen LogP contribution in [0.25, 0.3) is 77.5 Å². The Kier molecular flexibility index (Phi) is 6.24. The molecule has 3 nitrogen and oxygen atoms in total. The molecule has 0 aliphatic carbocycles. The largest absolute Gasteiger partial charge is 0.309 e. The van der Waals surface area contributed by atoms with Crippen LogP contribution in [0, 0.1) is 23.3 Å². The average Bonchev–Trinajstić information content (AvgIpc) is 3.60. The molecule has 7 heteroatoms. The topological polar surface area (TPSA) is 22.8 Å². The molecule has 230 valence electrons. The molecular weight excluding hydrogens is 610 g/mol. The smallest absolute Gasteiger partial charge is 0.128 e. The number of para-hydroxylation sites is 2. The lowest BCUT2D eigenvalue weighted by Crippen LogP contribution is -1.96. The van der Waals surface area contributed by atoms with E-state index in [-0.39, 0.29) is 0 Å². The van der Waals surface area contributed by atoms with Crippen molar-refractivity contribution in [1.82, 2.24) is 14.1 Å².